The molecule has 0 spiro atoms. The van der Waals surface area contributed by atoms with Crippen molar-refractivity contribution in [2.75, 3.05) is 39.5 Å². The Hall–Kier alpha value is -3.11. The number of ether oxygens (including phenoxy) is 2. The first-order valence-electron chi connectivity index (χ1n) is 15.9. The highest BCUT2D eigenvalue weighted by Gasteiger charge is 2.50. The summed E-state index contributed by atoms with van der Waals surface area (Å²) in [5.74, 6) is -0.216. The van der Waals surface area contributed by atoms with Gasteiger partial charge in [-0.3, -0.25) is 24.6 Å². The third-order valence-electron chi connectivity index (χ3n) is 8.50. The molecule has 9 nitrogen and oxygen atoms in total. The molecule has 0 aromatic heterocycles. The van der Waals surface area contributed by atoms with E-state index in [0.29, 0.717) is 52.2 Å². The second-order valence-corrected chi connectivity index (χ2v) is 13.2. The lowest BCUT2D eigenvalue weighted by molar-refractivity contribution is -0.132. The summed E-state index contributed by atoms with van der Waals surface area (Å²) in [6, 6.07) is 18.6. The van der Waals surface area contributed by atoms with Crippen LogP contribution in [0.5, 0.6) is 0 Å². The van der Waals surface area contributed by atoms with Crippen LogP contribution in [0.2, 0.25) is 0 Å². The molecule has 2 amide bonds. The molecule has 2 aliphatic rings. The van der Waals surface area contributed by atoms with Crippen LogP contribution >= 0.6 is 0 Å². The Morgan fingerprint density at radius 1 is 0.955 bits per heavy atom. The molecule has 5 atom stereocenters. The minimum absolute atomic E-state index is 0.0834. The topological polar surface area (TPSA) is 112 Å². The van der Waals surface area contributed by atoms with Gasteiger partial charge in [0.15, 0.2) is 5.78 Å². The molecule has 240 valence electrons. The van der Waals surface area contributed by atoms with Gasteiger partial charge in [0.1, 0.15) is 5.60 Å². The zero-order chi connectivity index (χ0) is 31.7. The van der Waals surface area contributed by atoms with Gasteiger partial charge >= 0.3 is 0 Å². The van der Waals surface area contributed by atoms with Crippen molar-refractivity contribution in [3.8, 4) is 0 Å². The van der Waals surface area contributed by atoms with Gasteiger partial charge in [-0.15, -0.1) is 0 Å². The molecule has 3 N–H and O–H groups in total. The number of nitrogens with zero attached hydrogens (tertiary/aromatic N) is 1. The Labute approximate surface area is 262 Å². The normalized spacial score (nSPS) is 22.0. The van der Waals surface area contributed by atoms with E-state index in [0.717, 1.165) is 11.1 Å². The third-order valence-corrected chi connectivity index (χ3v) is 8.50. The minimum Gasteiger partial charge on any atom is -0.379 e. The molecule has 2 unspecified atom stereocenters. The Kier molecular flexibility index (Phi) is 11.7. The van der Waals surface area contributed by atoms with E-state index < -0.39 is 23.3 Å². The number of epoxide rings is 1. The molecule has 2 aromatic rings. The predicted octanol–water partition coefficient (Wildman–Crippen LogP) is 3.43. The Morgan fingerprint density at radius 3 is 2.16 bits per heavy atom. The van der Waals surface area contributed by atoms with Crippen molar-refractivity contribution < 1.29 is 23.9 Å². The number of amides is 2. The standard InChI is InChI=1S/C35H50N4O5/c1-25(2)20-29(32(41)34(4)24-44-34)36-33(42)30(21-27-12-8-6-9-13-27)37-35(5,22-26(3)28-14-10-7-11-15-28)38-31(40)23-39-16-18-43-19-17-39/h6-15,25-26,29-30,37H,16-24H2,1-5H3,(H,36,42)(H,38,40)/t26?,29-,30+,34-,35?/m1/s1. The summed E-state index contributed by atoms with van der Waals surface area (Å²) in [5.41, 5.74) is 0.343. The second-order valence-electron chi connectivity index (χ2n) is 13.2. The quantitative estimate of drug-likeness (QED) is 0.198. The van der Waals surface area contributed by atoms with Crippen LogP contribution in [0.1, 0.15) is 64.5 Å². The number of hydrogen-bond donors (Lipinski definition) is 3. The fourth-order valence-corrected chi connectivity index (χ4v) is 6.01. The van der Waals surface area contributed by atoms with E-state index in [-0.39, 0.29) is 36.0 Å². The van der Waals surface area contributed by atoms with Crippen molar-refractivity contribution >= 4 is 17.6 Å². The van der Waals surface area contributed by atoms with Gasteiger partial charge in [0.05, 0.1) is 44.1 Å². The van der Waals surface area contributed by atoms with Gasteiger partial charge in [-0.2, -0.15) is 0 Å². The van der Waals surface area contributed by atoms with Gasteiger partial charge in [0.25, 0.3) is 0 Å². The minimum atomic E-state index is -0.932. The molecule has 2 heterocycles. The highest BCUT2D eigenvalue weighted by molar-refractivity contribution is 5.97. The van der Waals surface area contributed by atoms with Crippen LogP contribution in [0.15, 0.2) is 60.7 Å². The van der Waals surface area contributed by atoms with E-state index in [4.69, 9.17) is 9.47 Å². The summed E-state index contributed by atoms with van der Waals surface area (Å²) in [5, 5.41) is 9.90. The van der Waals surface area contributed by atoms with Crippen LogP contribution in [0, 0.1) is 5.92 Å². The molecule has 4 rings (SSSR count). The molecule has 2 aliphatic heterocycles. The number of hydrogen-bond acceptors (Lipinski definition) is 7. The van der Waals surface area contributed by atoms with Gasteiger partial charge in [0, 0.05) is 13.1 Å². The zero-order valence-corrected chi connectivity index (χ0v) is 26.9. The highest BCUT2D eigenvalue weighted by atomic mass is 16.6. The van der Waals surface area contributed by atoms with Crippen LogP contribution in [0.4, 0.5) is 0 Å². The maximum absolute atomic E-state index is 14.1. The molecular formula is C35H50N4O5. The number of carbonyl (C=O) groups is 3. The van der Waals surface area contributed by atoms with Crippen molar-refractivity contribution in [3.05, 3.63) is 71.8 Å². The van der Waals surface area contributed by atoms with E-state index in [2.05, 4.69) is 39.9 Å². The largest absolute Gasteiger partial charge is 0.379 e. The molecule has 2 saturated heterocycles. The van der Waals surface area contributed by atoms with Crippen molar-refractivity contribution in [1.29, 1.82) is 0 Å². The van der Waals surface area contributed by atoms with Crippen molar-refractivity contribution in [1.82, 2.24) is 20.9 Å². The summed E-state index contributed by atoms with van der Waals surface area (Å²) in [6.07, 6.45) is 1.45. The number of morpholine rings is 1. The van der Waals surface area contributed by atoms with E-state index in [1.165, 1.54) is 0 Å². The summed E-state index contributed by atoms with van der Waals surface area (Å²) < 4.78 is 10.9. The van der Waals surface area contributed by atoms with E-state index in [1.54, 1.807) is 6.92 Å². The van der Waals surface area contributed by atoms with Gasteiger partial charge in [-0.05, 0) is 56.1 Å². The number of carbonyl (C=O) groups excluding carboxylic acids is 3. The van der Waals surface area contributed by atoms with Gasteiger partial charge in [-0.25, -0.2) is 0 Å². The first-order chi connectivity index (χ1) is 21.0. The van der Waals surface area contributed by atoms with Gasteiger partial charge < -0.3 is 20.1 Å². The summed E-state index contributed by atoms with van der Waals surface area (Å²) in [7, 11) is 0. The number of ketones is 1. The van der Waals surface area contributed by atoms with Crippen molar-refractivity contribution in [2.24, 2.45) is 5.92 Å². The van der Waals surface area contributed by atoms with E-state index in [1.807, 2.05) is 69.3 Å². The average molecular weight is 607 g/mol. The Morgan fingerprint density at radius 2 is 1.57 bits per heavy atom. The Balaban J connectivity index is 1.59. The van der Waals surface area contributed by atoms with Crippen LogP contribution in [0.3, 0.4) is 0 Å². The summed E-state index contributed by atoms with van der Waals surface area (Å²) in [6.45, 7) is 13.2. The van der Waals surface area contributed by atoms with Crippen molar-refractivity contribution in [3.63, 3.8) is 0 Å². The molecule has 2 fully saturated rings. The smallest absolute Gasteiger partial charge is 0.238 e. The SMILES string of the molecule is CC(C)C[C@@H](NC(=O)[C@H](Cc1ccccc1)NC(C)(CC(C)c1ccccc1)NC(=O)CN1CCOCC1)C(=O)[C@@]1(C)CO1. The highest BCUT2D eigenvalue weighted by Crippen LogP contribution is 2.30. The number of nitrogens with one attached hydrogen (secondary N) is 3. The van der Waals surface area contributed by atoms with Crippen molar-refractivity contribution in [2.45, 2.75) is 83.1 Å². The fourth-order valence-electron chi connectivity index (χ4n) is 6.01. The predicted molar refractivity (Wildman–Crippen MR) is 171 cm³/mol. The van der Waals surface area contributed by atoms with Gasteiger partial charge in [-0.1, -0.05) is 81.4 Å². The number of Topliss-reactive ketones (excluding diaryl/α,β-unsaturated/α-hetero) is 1. The molecule has 0 aliphatic carbocycles. The molecular weight excluding hydrogens is 556 g/mol. The Bertz CT molecular complexity index is 1230. The van der Waals surface area contributed by atoms with Crippen LogP contribution in [-0.2, 0) is 30.3 Å². The third kappa shape index (κ3) is 9.95. The lowest BCUT2D eigenvalue weighted by atomic mass is 9.89. The first-order valence-corrected chi connectivity index (χ1v) is 15.9. The van der Waals surface area contributed by atoms with E-state index in [9.17, 15) is 14.4 Å². The molecule has 0 radical (unpaired) electrons. The maximum Gasteiger partial charge on any atom is 0.238 e. The van der Waals surface area contributed by atoms with Crippen LogP contribution < -0.4 is 16.0 Å². The molecule has 0 bridgehead atoms. The average Bonchev–Trinajstić information content (AvgIpc) is 3.75. The monoisotopic (exact) mass is 606 g/mol. The molecule has 44 heavy (non-hydrogen) atoms. The van der Waals surface area contributed by atoms with E-state index >= 15 is 0 Å². The molecule has 2 aromatic carbocycles. The number of rotatable bonds is 16. The van der Waals surface area contributed by atoms with Crippen LogP contribution in [0.25, 0.3) is 0 Å². The summed E-state index contributed by atoms with van der Waals surface area (Å²) in [4.78, 5) is 43.0. The molecule has 0 saturated carbocycles. The van der Waals surface area contributed by atoms with Crippen LogP contribution in [-0.4, -0.2) is 85.3 Å². The zero-order valence-electron chi connectivity index (χ0n) is 26.9. The van der Waals surface area contributed by atoms with Gasteiger partial charge in [0.2, 0.25) is 11.8 Å². The first kappa shape index (κ1) is 33.8. The maximum atomic E-state index is 14.1. The second kappa shape index (κ2) is 15.3. The summed E-state index contributed by atoms with van der Waals surface area (Å²) >= 11 is 0. The molecule has 9 heteroatoms. The lowest BCUT2D eigenvalue weighted by Crippen LogP contribution is -2.65. The fraction of sp³-hybridized carbons (Fsp3) is 0.571. The number of benzene rings is 2. The lowest BCUT2D eigenvalue weighted by Gasteiger charge is -2.39.